The number of carboxylic acid groups (broad SMARTS) is 1. The van der Waals surface area contributed by atoms with Crippen LogP contribution in [0.5, 0.6) is 28.7 Å². The zero-order valence-electron chi connectivity index (χ0n) is 52.6. The van der Waals surface area contributed by atoms with Gasteiger partial charge in [0, 0.05) is 111 Å². The first-order valence-electron chi connectivity index (χ1n) is 30.4. The first-order valence-corrected chi connectivity index (χ1v) is 30.4. The van der Waals surface area contributed by atoms with Crippen LogP contribution in [0.2, 0.25) is 0 Å². The number of carboxylic acids is 1. The minimum Gasteiger partial charge on any atom is -0.550 e. The second kappa shape index (κ2) is 29.4. The van der Waals surface area contributed by atoms with Crippen molar-refractivity contribution in [2.75, 3.05) is 112 Å². The topological polar surface area (TPSA) is 199 Å². The molecule has 18 nitrogen and oxygen atoms in total. The van der Waals surface area contributed by atoms with Crippen LogP contribution in [0.3, 0.4) is 0 Å². The molecule has 3 aliphatic heterocycles. The number of unbranched alkanes of at least 4 members (excludes halogenated alkanes) is 2. The zero-order chi connectivity index (χ0) is 63.2. The Morgan fingerprint density at radius 3 is 1.58 bits per heavy atom. The maximum Gasteiger partial charge on any atom is 0.340 e. The number of anilines is 2. The number of benzene rings is 6. The van der Waals surface area contributed by atoms with Crippen molar-refractivity contribution in [1.82, 2.24) is 10.2 Å². The van der Waals surface area contributed by atoms with Crippen molar-refractivity contribution in [3.8, 4) is 28.7 Å². The third-order valence-corrected chi connectivity index (χ3v) is 17.3. The summed E-state index contributed by atoms with van der Waals surface area (Å²) in [6.45, 7) is 11.6. The molecule has 3 heterocycles. The minimum absolute atomic E-state index is 0.0163. The summed E-state index contributed by atoms with van der Waals surface area (Å²) < 4.78 is 42.7. The van der Waals surface area contributed by atoms with E-state index in [1.165, 1.54) is 19.6 Å². The van der Waals surface area contributed by atoms with Crippen LogP contribution in [0.25, 0.3) is 0 Å². The molecule has 6 aromatic carbocycles. The zero-order valence-corrected chi connectivity index (χ0v) is 52.6. The van der Waals surface area contributed by atoms with Crippen LogP contribution in [-0.4, -0.2) is 137 Å². The number of carbonyl (C=O) groups is 5. The van der Waals surface area contributed by atoms with E-state index in [-0.39, 0.29) is 31.4 Å². The summed E-state index contributed by atoms with van der Waals surface area (Å²) in [5.41, 5.74) is 3.55. The minimum atomic E-state index is -1.35. The van der Waals surface area contributed by atoms with Crippen molar-refractivity contribution in [3.63, 3.8) is 0 Å². The monoisotopic (exact) mass is 1200 g/mol. The van der Waals surface area contributed by atoms with Gasteiger partial charge in [-0.2, -0.15) is 0 Å². The predicted molar refractivity (Wildman–Crippen MR) is 335 cm³/mol. The van der Waals surface area contributed by atoms with E-state index in [4.69, 9.17) is 33.2 Å². The molecule has 0 aliphatic carbocycles. The maximum atomic E-state index is 13.9. The Labute approximate surface area is 517 Å². The van der Waals surface area contributed by atoms with Crippen LogP contribution in [0, 0.1) is 5.41 Å². The molecular weight excluding hydrogens is 1120 g/mol. The Balaban J connectivity index is 0.00000135. The van der Waals surface area contributed by atoms with Gasteiger partial charge in [-0.1, -0.05) is 48.9 Å². The number of likely N-dealkylation sites (tertiary alicyclic amines) is 1. The van der Waals surface area contributed by atoms with Crippen LogP contribution >= 0.6 is 0 Å². The van der Waals surface area contributed by atoms with E-state index in [0.29, 0.717) is 115 Å². The highest BCUT2D eigenvalue weighted by atomic mass is 16.6. The number of fused-ring (bicyclic) bond motifs is 6. The molecule has 468 valence electrons. The van der Waals surface area contributed by atoms with Crippen molar-refractivity contribution in [2.45, 2.75) is 83.3 Å². The number of carbonyl (C=O) groups excluding carboxylic acids is 5. The molecule has 0 atom stereocenters. The van der Waals surface area contributed by atoms with E-state index >= 15 is 0 Å². The Kier molecular flexibility index (Phi) is 21.8. The fraction of sp³-hybridized carbons (Fsp3) is 0.414. The number of aliphatic carboxylic acids is 1. The summed E-state index contributed by atoms with van der Waals surface area (Å²) in [5.74, 6) is 0.197. The number of methoxy groups -OCH3 is 3. The number of esters is 2. The lowest BCUT2D eigenvalue weighted by Gasteiger charge is -2.44. The number of hydrogen-bond donors (Lipinski definition) is 2. The fourth-order valence-electron chi connectivity index (χ4n) is 11.8. The van der Waals surface area contributed by atoms with E-state index in [1.54, 1.807) is 44.4 Å². The van der Waals surface area contributed by atoms with Crippen molar-refractivity contribution >= 4 is 41.1 Å². The number of quaternary nitrogens is 1. The van der Waals surface area contributed by atoms with Gasteiger partial charge in [0.2, 0.25) is 5.91 Å². The average molecular weight is 1200 g/mol. The maximum absolute atomic E-state index is 13.9. The number of amides is 2. The lowest BCUT2D eigenvalue weighted by Crippen LogP contribution is -3.11. The van der Waals surface area contributed by atoms with Crippen molar-refractivity contribution < 1.29 is 67.1 Å². The van der Waals surface area contributed by atoms with Gasteiger partial charge in [-0.3, -0.25) is 14.4 Å². The molecule has 9 rings (SSSR count). The van der Waals surface area contributed by atoms with Gasteiger partial charge in [0.1, 0.15) is 34.3 Å². The first kappa shape index (κ1) is 65.4. The molecule has 1 spiro atoms. The number of nitrogens with zero attached hydrogens (tertiary/aromatic N) is 3. The van der Waals surface area contributed by atoms with Gasteiger partial charge in [0.05, 0.1) is 66.2 Å². The van der Waals surface area contributed by atoms with Gasteiger partial charge in [-0.15, -0.1) is 0 Å². The van der Waals surface area contributed by atoms with Crippen LogP contribution in [0.1, 0.15) is 126 Å². The van der Waals surface area contributed by atoms with E-state index in [1.807, 2.05) is 152 Å². The average Bonchev–Trinajstić information content (AvgIpc) is 1.53. The Hall–Kier alpha value is -8.61. The summed E-state index contributed by atoms with van der Waals surface area (Å²) in [5, 5.41) is 14.2. The van der Waals surface area contributed by atoms with Crippen LogP contribution in [0.15, 0.2) is 127 Å². The van der Waals surface area contributed by atoms with Crippen LogP contribution in [-0.2, 0) is 39.8 Å². The highest BCUT2D eigenvalue weighted by molar-refractivity contribution is 6.01. The molecule has 0 bridgehead atoms. The summed E-state index contributed by atoms with van der Waals surface area (Å²) in [7, 11) is 12.6. The van der Waals surface area contributed by atoms with Gasteiger partial charge < -0.3 is 68.0 Å². The van der Waals surface area contributed by atoms with Gasteiger partial charge in [-0.05, 0) is 142 Å². The normalized spacial score (nSPS) is 14.2. The smallest absolute Gasteiger partial charge is 0.340 e. The largest absolute Gasteiger partial charge is 0.550 e. The predicted octanol–water partition coefficient (Wildman–Crippen LogP) is 8.32. The van der Waals surface area contributed by atoms with Gasteiger partial charge in [0.25, 0.3) is 5.91 Å². The number of rotatable bonds is 26. The summed E-state index contributed by atoms with van der Waals surface area (Å²) in [4.78, 5) is 73.0. The molecule has 0 radical (unpaired) electrons. The van der Waals surface area contributed by atoms with Crippen molar-refractivity contribution in [2.24, 2.45) is 5.41 Å². The fourth-order valence-corrected chi connectivity index (χ4v) is 11.8. The Bertz CT molecular complexity index is 3190. The summed E-state index contributed by atoms with van der Waals surface area (Å²) >= 11 is 0. The van der Waals surface area contributed by atoms with Gasteiger partial charge >= 0.3 is 11.9 Å². The highest BCUT2D eigenvalue weighted by Gasteiger charge is 2.54. The van der Waals surface area contributed by atoms with Crippen LogP contribution in [0.4, 0.5) is 11.4 Å². The number of piperidine rings is 1. The molecule has 3 aliphatic rings. The molecule has 2 N–H and O–H groups in total. The second-order valence-electron chi connectivity index (χ2n) is 23.0. The number of hydrogen-bond acceptors (Lipinski definition) is 15. The molecule has 1 saturated heterocycles. The molecule has 2 amide bonds. The summed E-state index contributed by atoms with van der Waals surface area (Å²) in [6.07, 6.45) is 2.22. The molecular formula is C70H85N5O13. The lowest BCUT2D eigenvalue weighted by atomic mass is 9.77. The third-order valence-electron chi connectivity index (χ3n) is 17.3. The standard InChI is InChI=1S/C64H70N4O13.C6H15N/c1-66(2)46-19-28-53-55(38-46)80-56-39-47(67(3)4)20-29-54(56)64(53)52-27-12-42(37-51(52)61(74)81-64)60(73)65-34-10-8-9-11-57(69)68-35-32-62(33-36-68,40-78-59(72)31-30-58(70)71)41-79-63(43-13-21-48(75-5)22-14-43,44-15-23-49(76-6)24-16-44)45-17-25-50(77-7)26-18-45;1-4-7(5-2)6-3/h12-29,37-39H,8-11,30-36,40-41H2,1-7H3,(H,65,73)(H,70,71);4-6H2,1-3H3. The van der Waals surface area contributed by atoms with E-state index in [2.05, 4.69) is 26.1 Å². The van der Waals surface area contributed by atoms with E-state index < -0.39 is 40.9 Å². The van der Waals surface area contributed by atoms with E-state index in [0.717, 1.165) is 28.1 Å². The second-order valence-corrected chi connectivity index (χ2v) is 23.0. The lowest BCUT2D eigenvalue weighted by molar-refractivity contribution is -0.894. The van der Waals surface area contributed by atoms with E-state index in [9.17, 15) is 29.1 Å². The van der Waals surface area contributed by atoms with Gasteiger partial charge in [-0.25, -0.2) is 4.79 Å². The third kappa shape index (κ3) is 14.5. The molecule has 88 heavy (non-hydrogen) atoms. The van der Waals surface area contributed by atoms with Crippen molar-refractivity contribution in [1.29, 1.82) is 0 Å². The molecule has 0 aromatic heterocycles. The number of nitrogens with one attached hydrogen (secondary N) is 2. The Morgan fingerprint density at radius 2 is 1.12 bits per heavy atom. The SMILES string of the molecule is CC[NH+](CC)CC.COc1ccc(C(OCC2(COC(=O)CCC(=O)[O-])CCN(C(=O)CCCCCNC(=O)c3ccc4c(c3)C(=O)OC43c4ccc(N(C)C)cc4Oc4cc(N(C)C)ccc43)CC2)(c2ccc(OC)cc2)c2ccc(OC)cc2)cc1. The molecule has 1 fully saturated rings. The van der Waals surface area contributed by atoms with Crippen molar-refractivity contribution in [3.05, 3.63) is 172 Å². The molecule has 0 saturated carbocycles. The summed E-state index contributed by atoms with van der Waals surface area (Å²) in [6, 6.07) is 39.7. The first-order chi connectivity index (χ1) is 42.4. The molecule has 0 unspecified atom stereocenters. The van der Waals surface area contributed by atoms with Crippen LogP contribution < -0.4 is 44.1 Å². The highest BCUT2D eigenvalue weighted by Crippen LogP contribution is 2.57. The quantitative estimate of drug-likeness (QED) is 0.0298. The van der Waals surface area contributed by atoms with Gasteiger partial charge in [0.15, 0.2) is 5.60 Å². The Morgan fingerprint density at radius 1 is 0.625 bits per heavy atom. The molecule has 18 heteroatoms. The number of ether oxygens (including phenoxy) is 7. The molecule has 6 aromatic rings.